The largest absolute Gasteiger partial charge is 0.416 e. The Morgan fingerprint density at radius 3 is 2.31 bits per heavy atom. The minimum Gasteiger partial charge on any atom is -0.367 e. The highest BCUT2D eigenvalue weighted by atomic mass is 79.9. The zero-order valence-corrected chi connectivity index (χ0v) is 16.9. The van der Waals surface area contributed by atoms with Crippen molar-refractivity contribution in [2.75, 3.05) is 31.1 Å². The monoisotopic (exact) mass is 463 g/mol. The van der Waals surface area contributed by atoms with E-state index < -0.39 is 11.7 Å². The summed E-state index contributed by atoms with van der Waals surface area (Å²) in [5, 5.41) is 9.29. The molecule has 0 aliphatic carbocycles. The topological polar surface area (TPSA) is 47.3 Å². The Kier molecular flexibility index (Phi) is 6.28. The third-order valence-corrected chi connectivity index (χ3v) is 5.16. The van der Waals surface area contributed by atoms with E-state index in [4.69, 9.17) is 0 Å². The Labute approximate surface area is 175 Å². The number of alkyl halides is 3. The number of rotatable bonds is 3. The van der Waals surface area contributed by atoms with E-state index in [0.29, 0.717) is 37.3 Å². The van der Waals surface area contributed by atoms with Gasteiger partial charge in [-0.25, -0.2) is 0 Å². The maximum Gasteiger partial charge on any atom is 0.416 e. The molecule has 0 unspecified atom stereocenters. The number of hydrogen-bond acceptors (Lipinski definition) is 3. The molecule has 1 aliphatic rings. The smallest absolute Gasteiger partial charge is 0.367 e. The number of halogens is 4. The molecule has 1 fully saturated rings. The number of carbonyl (C=O) groups is 1. The van der Waals surface area contributed by atoms with E-state index in [-0.39, 0.29) is 5.91 Å². The molecule has 2 aromatic carbocycles. The number of piperazine rings is 1. The molecular weight excluding hydrogens is 447 g/mol. The van der Waals surface area contributed by atoms with Crippen LogP contribution in [-0.4, -0.2) is 37.0 Å². The van der Waals surface area contributed by atoms with Gasteiger partial charge in [-0.3, -0.25) is 4.79 Å². The third-order valence-electron chi connectivity index (χ3n) is 4.67. The van der Waals surface area contributed by atoms with Crippen LogP contribution in [0.2, 0.25) is 0 Å². The highest BCUT2D eigenvalue weighted by Crippen LogP contribution is 2.29. The van der Waals surface area contributed by atoms with Gasteiger partial charge in [-0.2, -0.15) is 18.4 Å². The molecule has 29 heavy (non-hydrogen) atoms. The number of hydrogen-bond donors (Lipinski definition) is 0. The van der Waals surface area contributed by atoms with Crippen LogP contribution in [0.3, 0.4) is 0 Å². The van der Waals surface area contributed by atoms with E-state index in [1.165, 1.54) is 24.3 Å². The average Bonchev–Trinajstić information content (AvgIpc) is 2.71. The van der Waals surface area contributed by atoms with Crippen LogP contribution in [0.25, 0.3) is 6.08 Å². The van der Waals surface area contributed by atoms with E-state index in [2.05, 4.69) is 26.9 Å². The van der Waals surface area contributed by atoms with Crippen molar-refractivity contribution in [3.8, 4) is 6.07 Å². The standard InChI is InChI=1S/C21H17BrF3N3O/c22-18-7-4-16(14-26)19(13-18)27-9-11-28(12-10-27)20(29)8-3-15-1-5-17(6-2-15)21(23,24)25/h1-8,13H,9-12H2/b8-3-. The molecule has 0 atom stereocenters. The normalized spacial score (nSPS) is 14.9. The summed E-state index contributed by atoms with van der Waals surface area (Å²) in [4.78, 5) is 16.1. The molecule has 0 N–H and O–H groups in total. The Morgan fingerprint density at radius 1 is 1.07 bits per heavy atom. The molecule has 0 saturated carbocycles. The van der Waals surface area contributed by atoms with Gasteiger partial charge in [-0.15, -0.1) is 0 Å². The van der Waals surface area contributed by atoms with Gasteiger partial charge in [0.05, 0.1) is 16.8 Å². The van der Waals surface area contributed by atoms with Crippen LogP contribution >= 0.6 is 15.9 Å². The third kappa shape index (κ3) is 5.18. The van der Waals surface area contributed by atoms with Crippen molar-refractivity contribution in [1.29, 1.82) is 5.26 Å². The lowest BCUT2D eigenvalue weighted by molar-refractivity contribution is -0.137. The lowest BCUT2D eigenvalue weighted by Gasteiger charge is -2.36. The molecule has 0 bridgehead atoms. The van der Waals surface area contributed by atoms with Gasteiger partial charge in [0.25, 0.3) is 0 Å². The van der Waals surface area contributed by atoms with Crippen LogP contribution in [0, 0.1) is 11.3 Å². The zero-order chi connectivity index (χ0) is 21.0. The lowest BCUT2D eigenvalue weighted by atomic mass is 10.1. The van der Waals surface area contributed by atoms with Crippen molar-refractivity contribution in [3.05, 3.63) is 69.7 Å². The van der Waals surface area contributed by atoms with Crippen LogP contribution in [0.5, 0.6) is 0 Å². The quantitative estimate of drug-likeness (QED) is 0.619. The summed E-state index contributed by atoms with van der Waals surface area (Å²) in [5.41, 5.74) is 1.21. The maximum absolute atomic E-state index is 12.6. The second-order valence-corrected chi connectivity index (χ2v) is 7.45. The zero-order valence-electron chi connectivity index (χ0n) is 15.3. The number of nitriles is 1. The van der Waals surface area contributed by atoms with Crippen LogP contribution in [-0.2, 0) is 11.0 Å². The molecule has 0 spiro atoms. The van der Waals surface area contributed by atoms with E-state index in [9.17, 15) is 23.2 Å². The summed E-state index contributed by atoms with van der Waals surface area (Å²) in [6, 6.07) is 12.3. The van der Waals surface area contributed by atoms with Crippen molar-refractivity contribution in [3.63, 3.8) is 0 Å². The lowest BCUT2D eigenvalue weighted by Crippen LogP contribution is -2.48. The summed E-state index contributed by atoms with van der Waals surface area (Å²) in [7, 11) is 0. The Morgan fingerprint density at radius 2 is 1.72 bits per heavy atom. The van der Waals surface area contributed by atoms with Gasteiger partial charge in [0.15, 0.2) is 0 Å². The molecule has 2 aromatic rings. The Hall–Kier alpha value is -2.79. The number of nitrogens with zero attached hydrogens (tertiary/aromatic N) is 3. The van der Waals surface area contributed by atoms with E-state index >= 15 is 0 Å². The minimum absolute atomic E-state index is 0.195. The first-order valence-electron chi connectivity index (χ1n) is 8.87. The molecule has 150 valence electrons. The van der Waals surface area contributed by atoms with Gasteiger partial charge >= 0.3 is 6.18 Å². The molecule has 3 rings (SSSR count). The van der Waals surface area contributed by atoms with E-state index in [0.717, 1.165) is 22.3 Å². The highest BCUT2D eigenvalue weighted by molar-refractivity contribution is 9.10. The molecule has 1 saturated heterocycles. The second kappa shape index (κ2) is 8.70. The summed E-state index contributed by atoms with van der Waals surface area (Å²) >= 11 is 3.41. The SMILES string of the molecule is N#Cc1ccc(Br)cc1N1CCN(C(=O)/C=C\c2ccc(C(F)(F)F)cc2)CC1. The van der Waals surface area contributed by atoms with Crippen molar-refractivity contribution >= 4 is 33.6 Å². The summed E-state index contributed by atoms with van der Waals surface area (Å²) in [6.07, 6.45) is -1.49. The van der Waals surface area contributed by atoms with Gasteiger partial charge < -0.3 is 9.80 Å². The number of anilines is 1. The molecule has 4 nitrogen and oxygen atoms in total. The van der Waals surface area contributed by atoms with Crippen molar-refractivity contribution in [2.24, 2.45) is 0 Å². The second-order valence-electron chi connectivity index (χ2n) is 6.54. The summed E-state index contributed by atoms with van der Waals surface area (Å²) < 4.78 is 38.7. The van der Waals surface area contributed by atoms with Crippen LogP contribution < -0.4 is 4.90 Å². The predicted octanol–water partition coefficient (Wildman–Crippen LogP) is 4.70. The summed E-state index contributed by atoms with van der Waals surface area (Å²) in [6.45, 7) is 2.16. The average molecular weight is 464 g/mol. The number of benzene rings is 2. The fourth-order valence-corrected chi connectivity index (χ4v) is 3.43. The summed E-state index contributed by atoms with van der Waals surface area (Å²) in [5.74, 6) is -0.195. The van der Waals surface area contributed by atoms with Gasteiger partial charge in [-0.05, 0) is 42.0 Å². The minimum atomic E-state index is -4.38. The fraction of sp³-hybridized carbons (Fsp3) is 0.238. The highest BCUT2D eigenvalue weighted by Gasteiger charge is 2.29. The van der Waals surface area contributed by atoms with Crippen LogP contribution in [0.15, 0.2) is 53.0 Å². The molecule has 8 heteroatoms. The van der Waals surface area contributed by atoms with Gasteiger partial charge in [-0.1, -0.05) is 28.1 Å². The molecule has 1 amide bonds. The molecule has 0 aromatic heterocycles. The van der Waals surface area contributed by atoms with Crippen molar-refractivity contribution < 1.29 is 18.0 Å². The predicted molar refractivity (Wildman–Crippen MR) is 108 cm³/mol. The van der Waals surface area contributed by atoms with Gasteiger partial charge in [0.1, 0.15) is 6.07 Å². The van der Waals surface area contributed by atoms with Crippen molar-refractivity contribution in [2.45, 2.75) is 6.18 Å². The first-order chi connectivity index (χ1) is 13.8. The molecular formula is C21H17BrF3N3O. The van der Waals surface area contributed by atoms with Crippen LogP contribution in [0.1, 0.15) is 16.7 Å². The molecule has 1 heterocycles. The number of amides is 1. The Balaban J connectivity index is 1.60. The molecule has 0 radical (unpaired) electrons. The fourth-order valence-electron chi connectivity index (χ4n) is 3.08. The number of carbonyl (C=O) groups excluding carboxylic acids is 1. The first-order valence-corrected chi connectivity index (χ1v) is 9.66. The van der Waals surface area contributed by atoms with E-state index in [1.54, 1.807) is 11.0 Å². The van der Waals surface area contributed by atoms with Crippen LogP contribution in [0.4, 0.5) is 18.9 Å². The van der Waals surface area contributed by atoms with Crippen molar-refractivity contribution in [1.82, 2.24) is 4.90 Å². The van der Waals surface area contributed by atoms with E-state index in [1.807, 2.05) is 12.1 Å². The van der Waals surface area contributed by atoms with Gasteiger partial charge in [0.2, 0.25) is 5.91 Å². The van der Waals surface area contributed by atoms with Gasteiger partial charge in [0, 0.05) is 36.7 Å². The maximum atomic E-state index is 12.6. The molecule has 1 aliphatic heterocycles. The first kappa shape index (κ1) is 20.9. The Bertz CT molecular complexity index is 957.